The number of carbonyl (C=O) groups excluding carboxylic acids is 2. The van der Waals surface area contributed by atoms with Gasteiger partial charge in [-0.3, -0.25) is 14.5 Å². The molecule has 2 aliphatic rings. The predicted molar refractivity (Wildman–Crippen MR) is 112 cm³/mol. The summed E-state index contributed by atoms with van der Waals surface area (Å²) in [5.41, 5.74) is 5.43. The third-order valence-corrected chi connectivity index (χ3v) is 5.82. The van der Waals surface area contributed by atoms with Crippen molar-refractivity contribution >= 4 is 17.4 Å². The van der Waals surface area contributed by atoms with Gasteiger partial charge in [-0.25, -0.2) is 0 Å². The molecule has 0 saturated carbocycles. The lowest BCUT2D eigenvalue weighted by molar-refractivity contribution is -0.116. The summed E-state index contributed by atoms with van der Waals surface area (Å²) < 4.78 is 0. The van der Waals surface area contributed by atoms with E-state index >= 15 is 0 Å². The first kappa shape index (κ1) is 18.9. The van der Waals surface area contributed by atoms with Crippen molar-refractivity contribution in [2.75, 3.05) is 18.4 Å². The van der Waals surface area contributed by atoms with E-state index in [1.807, 2.05) is 30.3 Å². The van der Waals surface area contributed by atoms with Crippen molar-refractivity contribution in [1.29, 1.82) is 0 Å². The van der Waals surface area contributed by atoms with Crippen molar-refractivity contribution < 1.29 is 9.59 Å². The zero-order valence-corrected chi connectivity index (χ0v) is 16.4. The van der Waals surface area contributed by atoms with E-state index in [1.165, 1.54) is 36.0 Å². The van der Waals surface area contributed by atoms with Gasteiger partial charge in [0.2, 0.25) is 5.91 Å². The molecule has 0 radical (unpaired) electrons. The molecule has 1 aliphatic heterocycles. The van der Waals surface area contributed by atoms with E-state index in [2.05, 4.69) is 22.3 Å². The van der Waals surface area contributed by atoms with Crippen LogP contribution in [0.4, 0.5) is 5.69 Å². The number of carbonyl (C=O) groups is 2. The molecule has 146 valence electrons. The first-order chi connectivity index (χ1) is 13.7. The van der Waals surface area contributed by atoms with Crippen molar-refractivity contribution in [3.63, 3.8) is 0 Å². The van der Waals surface area contributed by atoms with Gasteiger partial charge in [-0.15, -0.1) is 0 Å². The number of rotatable bonds is 7. The minimum atomic E-state index is -0.104. The molecule has 2 aromatic rings. The number of Topliss-reactive ketones (excluding diaryl/α,β-unsaturated/α-hetero) is 1. The molecule has 4 heteroatoms. The molecule has 0 bridgehead atoms. The lowest BCUT2D eigenvalue weighted by atomic mass is 10.0. The van der Waals surface area contributed by atoms with Gasteiger partial charge < -0.3 is 5.32 Å². The van der Waals surface area contributed by atoms with Gasteiger partial charge in [0.15, 0.2) is 5.78 Å². The summed E-state index contributed by atoms with van der Waals surface area (Å²) >= 11 is 0. The molecule has 0 unspecified atom stereocenters. The lowest BCUT2D eigenvalue weighted by Crippen LogP contribution is -2.18. The molecule has 1 saturated heterocycles. The van der Waals surface area contributed by atoms with E-state index in [0.717, 1.165) is 43.7 Å². The minimum Gasteiger partial charge on any atom is -0.326 e. The Kier molecular flexibility index (Phi) is 5.87. The van der Waals surface area contributed by atoms with Gasteiger partial charge >= 0.3 is 0 Å². The standard InChI is InChI=1S/C24H28N2O2/c27-23(21-10-9-19-6-4-7-20(19)16-21)11-12-24(28)25-22-8-3-5-18(15-22)17-26-13-1-2-14-26/h3,5,8-10,15-16H,1-2,4,6-7,11-14,17H2,(H,25,28). The number of likely N-dealkylation sites (tertiary alicyclic amines) is 1. The third-order valence-electron chi connectivity index (χ3n) is 5.82. The lowest BCUT2D eigenvalue weighted by Gasteiger charge is -2.15. The molecule has 0 aromatic heterocycles. The highest BCUT2D eigenvalue weighted by Gasteiger charge is 2.15. The minimum absolute atomic E-state index is 0.0487. The van der Waals surface area contributed by atoms with Gasteiger partial charge in [-0.1, -0.05) is 24.3 Å². The van der Waals surface area contributed by atoms with Crippen molar-refractivity contribution in [2.45, 2.75) is 51.5 Å². The fourth-order valence-electron chi connectivity index (χ4n) is 4.29. The number of fused-ring (bicyclic) bond motifs is 1. The van der Waals surface area contributed by atoms with E-state index in [0.29, 0.717) is 0 Å². The maximum absolute atomic E-state index is 12.5. The van der Waals surface area contributed by atoms with Crippen LogP contribution in [0.1, 0.15) is 59.2 Å². The fourth-order valence-corrected chi connectivity index (χ4v) is 4.29. The van der Waals surface area contributed by atoms with Gasteiger partial charge in [0.25, 0.3) is 0 Å². The van der Waals surface area contributed by atoms with Gasteiger partial charge in [-0.2, -0.15) is 0 Å². The Hall–Kier alpha value is -2.46. The summed E-state index contributed by atoms with van der Waals surface area (Å²) in [5.74, 6) is -0.0551. The van der Waals surface area contributed by atoms with Crippen LogP contribution in [0.2, 0.25) is 0 Å². The predicted octanol–water partition coefficient (Wildman–Crippen LogP) is 4.37. The Labute approximate surface area is 166 Å². The normalized spacial score (nSPS) is 16.1. The summed E-state index contributed by atoms with van der Waals surface area (Å²) in [6.45, 7) is 3.24. The molecule has 1 aliphatic carbocycles. The first-order valence-electron chi connectivity index (χ1n) is 10.4. The number of ketones is 1. The maximum atomic E-state index is 12.5. The molecule has 1 amide bonds. The smallest absolute Gasteiger partial charge is 0.224 e. The fraction of sp³-hybridized carbons (Fsp3) is 0.417. The van der Waals surface area contributed by atoms with E-state index in [4.69, 9.17) is 0 Å². The van der Waals surface area contributed by atoms with Crippen LogP contribution in [-0.2, 0) is 24.2 Å². The molecule has 28 heavy (non-hydrogen) atoms. The van der Waals surface area contributed by atoms with E-state index in [1.54, 1.807) is 0 Å². The van der Waals surface area contributed by atoms with Crippen LogP contribution in [0.15, 0.2) is 42.5 Å². The molecule has 1 N–H and O–H groups in total. The molecular formula is C24H28N2O2. The van der Waals surface area contributed by atoms with Crippen molar-refractivity contribution in [3.05, 3.63) is 64.7 Å². The van der Waals surface area contributed by atoms with Crippen LogP contribution in [-0.4, -0.2) is 29.7 Å². The van der Waals surface area contributed by atoms with Crippen molar-refractivity contribution in [3.8, 4) is 0 Å². The summed E-state index contributed by atoms with van der Waals surface area (Å²) in [4.78, 5) is 27.2. The number of anilines is 1. The number of nitrogens with zero attached hydrogens (tertiary/aromatic N) is 1. The monoisotopic (exact) mass is 376 g/mol. The Bertz CT molecular complexity index is 869. The second-order valence-electron chi connectivity index (χ2n) is 7.99. The van der Waals surface area contributed by atoms with Crippen molar-refractivity contribution in [1.82, 2.24) is 4.90 Å². The largest absolute Gasteiger partial charge is 0.326 e. The molecule has 2 aromatic carbocycles. The number of nitrogens with one attached hydrogen (secondary N) is 1. The van der Waals surface area contributed by atoms with Crippen LogP contribution < -0.4 is 5.32 Å². The molecule has 0 spiro atoms. The van der Waals surface area contributed by atoms with Gasteiger partial charge in [0.05, 0.1) is 0 Å². The van der Waals surface area contributed by atoms with Crippen LogP contribution in [0.25, 0.3) is 0 Å². The zero-order chi connectivity index (χ0) is 19.3. The zero-order valence-electron chi connectivity index (χ0n) is 16.4. The van der Waals surface area contributed by atoms with E-state index < -0.39 is 0 Å². The number of amides is 1. The molecule has 4 nitrogen and oxygen atoms in total. The first-order valence-corrected chi connectivity index (χ1v) is 10.4. The number of benzene rings is 2. The van der Waals surface area contributed by atoms with Crippen LogP contribution in [0, 0.1) is 0 Å². The highest BCUT2D eigenvalue weighted by Crippen LogP contribution is 2.23. The van der Waals surface area contributed by atoms with Gasteiger partial charge in [0.1, 0.15) is 0 Å². The van der Waals surface area contributed by atoms with E-state index in [9.17, 15) is 9.59 Å². The average Bonchev–Trinajstić information content (AvgIpc) is 3.37. The quantitative estimate of drug-likeness (QED) is 0.730. The van der Waals surface area contributed by atoms with Crippen LogP contribution in [0.3, 0.4) is 0 Å². The molecule has 0 atom stereocenters. The second kappa shape index (κ2) is 8.70. The van der Waals surface area contributed by atoms with Crippen LogP contribution >= 0.6 is 0 Å². The highest BCUT2D eigenvalue weighted by molar-refractivity contribution is 6.00. The summed E-state index contributed by atoms with van der Waals surface area (Å²) in [6.07, 6.45) is 6.35. The van der Waals surface area contributed by atoms with Crippen LogP contribution in [0.5, 0.6) is 0 Å². The van der Waals surface area contributed by atoms with Gasteiger partial charge in [-0.05, 0) is 80.1 Å². The Morgan fingerprint density at radius 3 is 2.57 bits per heavy atom. The Morgan fingerprint density at radius 1 is 0.893 bits per heavy atom. The second-order valence-corrected chi connectivity index (χ2v) is 7.99. The molecule has 1 fully saturated rings. The SMILES string of the molecule is O=C(CCC(=O)c1ccc2c(c1)CCC2)Nc1cccc(CN2CCCC2)c1. The third kappa shape index (κ3) is 4.68. The summed E-state index contributed by atoms with van der Waals surface area (Å²) in [5, 5.41) is 2.95. The van der Waals surface area contributed by atoms with Gasteiger partial charge in [0, 0.05) is 30.6 Å². The Morgan fingerprint density at radius 2 is 1.71 bits per heavy atom. The van der Waals surface area contributed by atoms with E-state index in [-0.39, 0.29) is 24.5 Å². The van der Waals surface area contributed by atoms with Crippen molar-refractivity contribution in [2.24, 2.45) is 0 Å². The highest BCUT2D eigenvalue weighted by atomic mass is 16.2. The molecule has 4 rings (SSSR count). The number of aryl methyl sites for hydroxylation is 2. The summed E-state index contributed by atoms with van der Waals surface area (Å²) in [6, 6.07) is 14.0. The number of hydrogen-bond donors (Lipinski definition) is 1. The maximum Gasteiger partial charge on any atom is 0.224 e. The summed E-state index contributed by atoms with van der Waals surface area (Å²) in [7, 11) is 0. The molecule has 1 heterocycles. The average molecular weight is 377 g/mol. The number of hydrogen-bond acceptors (Lipinski definition) is 3. The topological polar surface area (TPSA) is 49.4 Å². The molecular weight excluding hydrogens is 348 g/mol. The Balaban J connectivity index is 1.29.